The minimum absolute atomic E-state index is 0.111. The molecule has 0 atom stereocenters. The van der Waals surface area contributed by atoms with E-state index in [1.54, 1.807) is 6.08 Å². The third-order valence-corrected chi connectivity index (χ3v) is 3.48. The molecule has 0 aliphatic carbocycles. The second-order valence-electron chi connectivity index (χ2n) is 5.23. The number of hydrogen-bond acceptors (Lipinski definition) is 1. The van der Waals surface area contributed by atoms with Gasteiger partial charge in [0.15, 0.2) is 0 Å². The molecule has 2 heteroatoms. The van der Waals surface area contributed by atoms with Gasteiger partial charge in [-0.25, -0.2) is 0 Å². The van der Waals surface area contributed by atoms with E-state index >= 15 is 0 Å². The summed E-state index contributed by atoms with van der Waals surface area (Å²) in [6.45, 7) is 6.20. The van der Waals surface area contributed by atoms with Crippen LogP contribution in [-0.4, -0.2) is 5.91 Å². The zero-order valence-electron chi connectivity index (χ0n) is 12.8. The Labute approximate surface area is 126 Å². The van der Waals surface area contributed by atoms with E-state index in [1.807, 2.05) is 44.2 Å². The Bertz CT molecular complexity index is 654. The average molecular weight is 279 g/mol. The first-order chi connectivity index (χ1) is 10.1. The monoisotopic (exact) mass is 279 g/mol. The summed E-state index contributed by atoms with van der Waals surface area (Å²) >= 11 is 0. The lowest BCUT2D eigenvalue weighted by molar-refractivity contribution is -0.111. The third-order valence-electron chi connectivity index (χ3n) is 3.48. The van der Waals surface area contributed by atoms with Gasteiger partial charge in [-0.2, -0.15) is 0 Å². The van der Waals surface area contributed by atoms with Crippen LogP contribution in [0.5, 0.6) is 0 Å². The average Bonchev–Trinajstić information content (AvgIpc) is 2.49. The Hall–Kier alpha value is -2.35. The van der Waals surface area contributed by atoms with E-state index in [1.165, 1.54) is 11.1 Å². The first-order valence-corrected chi connectivity index (χ1v) is 7.23. The Morgan fingerprint density at radius 2 is 1.81 bits per heavy atom. The van der Waals surface area contributed by atoms with Gasteiger partial charge in [0.25, 0.3) is 0 Å². The lowest BCUT2D eigenvalue weighted by Gasteiger charge is -2.04. The van der Waals surface area contributed by atoms with E-state index in [0.717, 1.165) is 23.2 Å². The largest absolute Gasteiger partial charge is 0.323 e. The second-order valence-corrected chi connectivity index (χ2v) is 5.23. The highest BCUT2D eigenvalue weighted by Gasteiger charge is 1.99. The summed E-state index contributed by atoms with van der Waals surface area (Å²) in [6, 6.07) is 14.1. The third kappa shape index (κ3) is 4.32. The van der Waals surface area contributed by atoms with Crippen LogP contribution >= 0.6 is 0 Å². The molecule has 0 heterocycles. The van der Waals surface area contributed by atoms with E-state index < -0.39 is 0 Å². The molecule has 0 radical (unpaired) electrons. The van der Waals surface area contributed by atoms with Crippen molar-refractivity contribution < 1.29 is 4.79 Å². The molecule has 0 bridgehead atoms. The van der Waals surface area contributed by atoms with Crippen LogP contribution in [0, 0.1) is 13.8 Å². The number of rotatable bonds is 4. The summed E-state index contributed by atoms with van der Waals surface area (Å²) in [6.07, 6.45) is 4.44. The highest BCUT2D eigenvalue weighted by atomic mass is 16.1. The lowest BCUT2D eigenvalue weighted by atomic mass is 10.1. The predicted octanol–water partition coefficient (Wildman–Crippen LogP) is 4.52. The Morgan fingerprint density at radius 1 is 1.10 bits per heavy atom. The van der Waals surface area contributed by atoms with Crippen molar-refractivity contribution in [1.29, 1.82) is 0 Å². The number of amides is 1. The van der Waals surface area contributed by atoms with Crippen LogP contribution in [0.1, 0.15) is 29.2 Å². The fraction of sp³-hybridized carbons (Fsp3) is 0.211. The molecule has 0 aliphatic rings. The van der Waals surface area contributed by atoms with Crippen molar-refractivity contribution in [2.45, 2.75) is 27.2 Å². The minimum Gasteiger partial charge on any atom is -0.323 e. The summed E-state index contributed by atoms with van der Waals surface area (Å²) in [5, 5.41) is 2.87. The van der Waals surface area contributed by atoms with Gasteiger partial charge in [0.1, 0.15) is 0 Å². The van der Waals surface area contributed by atoms with Gasteiger partial charge in [0, 0.05) is 11.8 Å². The summed E-state index contributed by atoms with van der Waals surface area (Å²) in [4.78, 5) is 11.9. The normalized spacial score (nSPS) is 10.8. The molecule has 1 N–H and O–H groups in total. The van der Waals surface area contributed by atoms with Crippen LogP contribution in [0.15, 0.2) is 48.5 Å². The fourth-order valence-electron chi connectivity index (χ4n) is 2.11. The summed E-state index contributed by atoms with van der Waals surface area (Å²) in [5.41, 5.74) is 5.51. The van der Waals surface area contributed by atoms with Crippen molar-refractivity contribution in [1.82, 2.24) is 0 Å². The van der Waals surface area contributed by atoms with Gasteiger partial charge in [-0.3, -0.25) is 4.79 Å². The van der Waals surface area contributed by atoms with Crippen molar-refractivity contribution >= 4 is 17.7 Å². The van der Waals surface area contributed by atoms with Crippen LogP contribution in [0.3, 0.4) is 0 Å². The number of nitrogens with one attached hydrogen (secondary N) is 1. The maximum absolute atomic E-state index is 11.9. The van der Waals surface area contributed by atoms with Crippen LogP contribution in [0.4, 0.5) is 5.69 Å². The van der Waals surface area contributed by atoms with Crippen LogP contribution < -0.4 is 5.32 Å². The van der Waals surface area contributed by atoms with E-state index in [-0.39, 0.29) is 5.91 Å². The molecule has 2 rings (SSSR count). The SMILES string of the molecule is CCc1ccc(NC(=O)/C=C/c2cc(C)ccc2C)cc1. The zero-order chi connectivity index (χ0) is 15.2. The lowest BCUT2D eigenvalue weighted by Crippen LogP contribution is -2.07. The van der Waals surface area contributed by atoms with Crippen molar-refractivity contribution in [3.63, 3.8) is 0 Å². The standard InChI is InChI=1S/C19H21NO/c1-4-16-7-10-18(11-8-16)20-19(21)12-9-17-13-14(2)5-6-15(17)3/h5-13H,4H2,1-3H3,(H,20,21)/b12-9+. The van der Waals surface area contributed by atoms with Crippen molar-refractivity contribution in [3.05, 3.63) is 70.8 Å². The van der Waals surface area contributed by atoms with Crippen LogP contribution in [-0.2, 0) is 11.2 Å². The highest BCUT2D eigenvalue weighted by molar-refractivity contribution is 6.02. The number of aryl methyl sites for hydroxylation is 3. The molecule has 0 unspecified atom stereocenters. The van der Waals surface area contributed by atoms with Crippen LogP contribution in [0.2, 0.25) is 0 Å². The van der Waals surface area contributed by atoms with Crippen molar-refractivity contribution in [3.8, 4) is 0 Å². The van der Waals surface area contributed by atoms with Gasteiger partial charge in [-0.1, -0.05) is 42.8 Å². The van der Waals surface area contributed by atoms with Crippen LogP contribution in [0.25, 0.3) is 6.08 Å². The predicted molar refractivity (Wildman–Crippen MR) is 89.4 cm³/mol. The summed E-state index contributed by atoms with van der Waals surface area (Å²) in [7, 11) is 0. The molecule has 2 nitrogen and oxygen atoms in total. The minimum atomic E-state index is -0.111. The topological polar surface area (TPSA) is 29.1 Å². The Morgan fingerprint density at radius 3 is 2.48 bits per heavy atom. The van der Waals surface area contributed by atoms with Gasteiger partial charge < -0.3 is 5.32 Å². The molecule has 2 aromatic carbocycles. The molecular formula is C19H21NO. The van der Waals surface area contributed by atoms with Gasteiger partial charge >= 0.3 is 0 Å². The Kier molecular flexibility index (Phi) is 4.94. The zero-order valence-corrected chi connectivity index (χ0v) is 12.8. The number of carbonyl (C=O) groups excluding carboxylic acids is 1. The van der Waals surface area contributed by atoms with E-state index in [2.05, 4.69) is 30.4 Å². The molecule has 0 aliphatic heterocycles. The van der Waals surface area contributed by atoms with E-state index in [0.29, 0.717) is 0 Å². The molecule has 2 aromatic rings. The molecule has 0 spiro atoms. The molecule has 1 amide bonds. The quantitative estimate of drug-likeness (QED) is 0.819. The number of carbonyl (C=O) groups is 1. The fourth-order valence-corrected chi connectivity index (χ4v) is 2.11. The van der Waals surface area contributed by atoms with E-state index in [9.17, 15) is 4.79 Å². The number of hydrogen-bond donors (Lipinski definition) is 1. The molecular weight excluding hydrogens is 258 g/mol. The first kappa shape index (κ1) is 15.0. The molecule has 108 valence electrons. The molecule has 0 saturated heterocycles. The van der Waals surface area contributed by atoms with Gasteiger partial charge in [-0.05, 0) is 55.2 Å². The smallest absolute Gasteiger partial charge is 0.248 e. The maximum Gasteiger partial charge on any atom is 0.248 e. The number of benzene rings is 2. The second kappa shape index (κ2) is 6.89. The first-order valence-electron chi connectivity index (χ1n) is 7.23. The molecule has 0 aromatic heterocycles. The van der Waals surface area contributed by atoms with E-state index in [4.69, 9.17) is 0 Å². The highest BCUT2D eigenvalue weighted by Crippen LogP contribution is 2.13. The number of anilines is 1. The van der Waals surface area contributed by atoms with Gasteiger partial charge in [0.05, 0.1) is 0 Å². The summed E-state index contributed by atoms with van der Waals surface area (Å²) in [5.74, 6) is -0.111. The maximum atomic E-state index is 11.9. The Balaban J connectivity index is 2.03. The molecule has 0 saturated carbocycles. The van der Waals surface area contributed by atoms with Gasteiger partial charge in [0.2, 0.25) is 5.91 Å². The molecule has 21 heavy (non-hydrogen) atoms. The van der Waals surface area contributed by atoms with Gasteiger partial charge in [-0.15, -0.1) is 0 Å². The van der Waals surface area contributed by atoms with Crippen molar-refractivity contribution in [2.24, 2.45) is 0 Å². The van der Waals surface area contributed by atoms with Crippen molar-refractivity contribution in [2.75, 3.05) is 5.32 Å². The molecule has 0 fully saturated rings. The summed E-state index contributed by atoms with van der Waals surface area (Å²) < 4.78 is 0.